The van der Waals surface area contributed by atoms with Crippen molar-refractivity contribution in [2.45, 2.75) is 12.5 Å². The van der Waals surface area contributed by atoms with Gasteiger partial charge < -0.3 is 10.1 Å². The van der Waals surface area contributed by atoms with Crippen molar-refractivity contribution in [2.75, 3.05) is 0 Å². The lowest BCUT2D eigenvalue weighted by atomic mass is 9.97. The van der Waals surface area contributed by atoms with Crippen LogP contribution in [0.25, 0.3) is 0 Å². The van der Waals surface area contributed by atoms with E-state index < -0.39 is 18.0 Å². The molecule has 1 heterocycles. The lowest BCUT2D eigenvalue weighted by molar-refractivity contribution is -0.149. The van der Waals surface area contributed by atoms with Gasteiger partial charge in [0.05, 0.1) is 12.3 Å². The number of thiocarbonyl (C=S) groups is 1. The van der Waals surface area contributed by atoms with Crippen LogP contribution >= 0.6 is 12.2 Å². The third-order valence-corrected chi connectivity index (χ3v) is 4.38. The summed E-state index contributed by atoms with van der Waals surface area (Å²) < 4.78 is 5.72. The second-order valence-corrected chi connectivity index (χ2v) is 6.16. The Kier molecular flexibility index (Phi) is 5.36. The van der Waals surface area contributed by atoms with Gasteiger partial charge in [-0.2, -0.15) is 0 Å². The fraction of sp³-hybridized carbons (Fsp3) is 0.150. The van der Waals surface area contributed by atoms with Gasteiger partial charge in [0.1, 0.15) is 0 Å². The Hall–Kier alpha value is -2.79. The highest BCUT2D eigenvalue weighted by Crippen LogP contribution is 2.27. The molecule has 0 fully saturated rings. The molecule has 1 N–H and O–H groups in total. The summed E-state index contributed by atoms with van der Waals surface area (Å²) in [6, 6.07) is 19.0. The molecule has 1 aliphatic rings. The van der Waals surface area contributed by atoms with Gasteiger partial charge in [-0.1, -0.05) is 72.9 Å². The summed E-state index contributed by atoms with van der Waals surface area (Å²) in [7, 11) is 0. The first-order valence-electron chi connectivity index (χ1n) is 7.95. The van der Waals surface area contributed by atoms with Crippen LogP contribution < -0.4 is 5.32 Å². The minimum atomic E-state index is -0.667. The van der Waals surface area contributed by atoms with Gasteiger partial charge in [0, 0.05) is 11.1 Å². The summed E-state index contributed by atoms with van der Waals surface area (Å²) >= 11 is 5.17. The van der Waals surface area contributed by atoms with Crippen LogP contribution in [0.4, 0.5) is 0 Å². The van der Waals surface area contributed by atoms with Crippen molar-refractivity contribution in [1.82, 2.24) is 5.32 Å². The highest BCUT2D eigenvalue weighted by molar-refractivity contribution is 7.80. The summed E-state index contributed by atoms with van der Waals surface area (Å²) in [4.78, 5) is 24.8. The second kappa shape index (κ2) is 7.85. The topological polar surface area (TPSA) is 55.4 Å². The predicted octanol–water partition coefficient (Wildman–Crippen LogP) is 3.34. The monoisotopic (exact) mass is 351 g/mol. The molecule has 0 bridgehead atoms. The molecule has 1 amide bonds. The predicted molar refractivity (Wildman–Crippen MR) is 98.8 cm³/mol. The van der Waals surface area contributed by atoms with E-state index in [1.54, 1.807) is 6.08 Å². The van der Waals surface area contributed by atoms with Crippen molar-refractivity contribution in [1.29, 1.82) is 0 Å². The van der Waals surface area contributed by atoms with Crippen molar-refractivity contribution < 1.29 is 14.3 Å². The van der Waals surface area contributed by atoms with E-state index in [2.05, 4.69) is 5.32 Å². The fourth-order valence-electron chi connectivity index (χ4n) is 2.68. The highest BCUT2D eigenvalue weighted by Gasteiger charge is 2.29. The lowest BCUT2D eigenvalue weighted by Crippen LogP contribution is -2.36. The summed E-state index contributed by atoms with van der Waals surface area (Å²) in [6.45, 7) is 0. The number of ether oxygens (including phenoxy) is 1. The normalized spacial score (nSPS) is 16.6. The summed E-state index contributed by atoms with van der Waals surface area (Å²) in [6.07, 6.45) is 2.51. The average molecular weight is 351 g/mol. The van der Waals surface area contributed by atoms with Crippen molar-refractivity contribution in [3.63, 3.8) is 0 Å². The van der Waals surface area contributed by atoms with E-state index >= 15 is 0 Å². The van der Waals surface area contributed by atoms with Gasteiger partial charge in [-0.05, 0) is 17.2 Å². The third-order valence-electron chi connectivity index (χ3n) is 3.96. The number of amides is 1. The van der Waals surface area contributed by atoms with Crippen LogP contribution in [0.5, 0.6) is 0 Å². The number of hydrogen-bond donors (Lipinski definition) is 1. The Bertz CT molecular complexity index is 763. The molecule has 0 spiro atoms. The van der Waals surface area contributed by atoms with Crippen LogP contribution in [-0.4, -0.2) is 16.7 Å². The number of hydrogen-bond acceptors (Lipinski definition) is 4. The number of carbonyl (C=O) groups excluding carboxylic acids is 2. The van der Waals surface area contributed by atoms with Crippen LogP contribution in [0.2, 0.25) is 0 Å². The number of carbonyl (C=O) groups is 2. The van der Waals surface area contributed by atoms with E-state index in [1.165, 1.54) is 6.20 Å². The number of esters is 1. The fourth-order valence-corrected chi connectivity index (χ4v) is 2.93. The minimum Gasteiger partial charge on any atom is -0.453 e. The maximum atomic E-state index is 12.5. The molecule has 4 nitrogen and oxygen atoms in total. The zero-order valence-electron chi connectivity index (χ0n) is 13.4. The molecule has 1 aliphatic heterocycles. The Labute approximate surface area is 151 Å². The van der Waals surface area contributed by atoms with Crippen LogP contribution in [0.15, 0.2) is 72.9 Å². The summed E-state index contributed by atoms with van der Waals surface area (Å²) in [5.74, 6) is -1.41. The SMILES string of the molecule is O=C(CC1C(=O)NC=CC1=S)OC(c1ccccc1)c1ccccc1. The van der Waals surface area contributed by atoms with E-state index in [0.29, 0.717) is 4.86 Å². The zero-order valence-corrected chi connectivity index (χ0v) is 14.2. The van der Waals surface area contributed by atoms with Crippen molar-refractivity contribution in [3.8, 4) is 0 Å². The molecule has 2 aromatic carbocycles. The molecular weight excluding hydrogens is 334 g/mol. The van der Waals surface area contributed by atoms with Crippen LogP contribution in [0, 0.1) is 5.92 Å². The Morgan fingerprint density at radius 2 is 1.60 bits per heavy atom. The van der Waals surface area contributed by atoms with Crippen molar-refractivity contribution in [2.24, 2.45) is 5.92 Å². The van der Waals surface area contributed by atoms with E-state index in [4.69, 9.17) is 17.0 Å². The highest BCUT2D eigenvalue weighted by atomic mass is 32.1. The number of benzene rings is 2. The molecule has 0 radical (unpaired) electrons. The lowest BCUT2D eigenvalue weighted by Gasteiger charge is -2.22. The smallest absolute Gasteiger partial charge is 0.307 e. The van der Waals surface area contributed by atoms with E-state index in [9.17, 15) is 9.59 Å². The van der Waals surface area contributed by atoms with Gasteiger partial charge >= 0.3 is 5.97 Å². The van der Waals surface area contributed by atoms with Gasteiger partial charge in [0.25, 0.3) is 0 Å². The van der Waals surface area contributed by atoms with E-state index in [1.807, 2.05) is 60.7 Å². The molecule has 0 saturated heterocycles. The van der Waals surface area contributed by atoms with Gasteiger partial charge in [-0.3, -0.25) is 9.59 Å². The Morgan fingerprint density at radius 1 is 1.04 bits per heavy atom. The molecule has 5 heteroatoms. The maximum Gasteiger partial charge on any atom is 0.307 e. The Balaban J connectivity index is 1.79. The molecule has 0 aromatic heterocycles. The Morgan fingerprint density at radius 3 is 2.12 bits per heavy atom. The second-order valence-electron chi connectivity index (χ2n) is 5.69. The molecule has 126 valence electrons. The third kappa shape index (κ3) is 4.19. The van der Waals surface area contributed by atoms with Gasteiger partial charge in [-0.25, -0.2) is 0 Å². The van der Waals surface area contributed by atoms with Gasteiger partial charge in [0.2, 0.25) is 5.91 Å². The maximum absolute atomic E-state index is 12.5. The largest absolute Gasteiger partial charge is 0.453 e. The van der Waals surface area contributed by atoms with Crippen molar-refractivity contribution in [3.05, 3.63) is 84.1 Å². The first-order valence-corrected chi connectivity index (χ1v) is 8.36. The van der Waals surface area contributed by atoms with Crippen LogP contribution in [-0.2, 0) is 14.3 Å². The quantitative estimate of drug-likeness (QED) is 0.663. The number of allylic oxidation sites excluding steroid dienone is 1. The average Bonchev–Trinajstić information content (AvgIpc) is 2.64. The molecule has 2 aromatic rings. The van der Waals surface area contributed by atoms with Crippen LogP contribution in [0.1, 0.15) is 23.7 Å². The van der Waals surface area contributed by atoms with Gasteiger partial charge in [-0.15, -0.1) is 0 Å². The molecule has 3 rings (SSSR count). The molecule has 25 heavy (non-hydrogen) atoms. The summed E-state index contributed by atoms with van der Waals surface area (Å²) in [5, 5.41) is 2.57. The first-order chi connectivity index (χ1) is 12.1. The van der Waals surface area contributed by atoms with Crippen LogP contribution in [0.3, 0.4) is 0 Å². The van der Waals surface area contributed by atoms with Gasteiger partial charge in [0.15, 0.2) is 6.10 Å². The standard InChI is InChI=1S/C20H17NO3S/c22-18(13-16-17(25)11-12-21-20(16)23)24-19(14-7-3-1-4-8-14)15-9-5-2-6-10-15/h1-12,16,19H,13H2,(H,21,23). The van der Waals surface area contributed by atoms with E-state index in [-0.39, 0.29) is 12.3 Å². The minimum absolute atomic E-state index is 0.0782. The van der Waals surface area contributed by atoms with E-state index in [0.717, 1.165) is 11.1 Å². The number of rotatable bonds is 5. The molecule has 0 aliphatic carbocycles. The first kappa shape index (κ1) is 17.0. The molecule has 1 unspecified atom stereocenters. The van der Waals surface area contributed by atoms with Crippen molar-refractivity contribution >= 4 is 29.0 Å². The number of nitrogens with one attached hydrogen (secondary N) is 1. The molecular formula is C20H17NO3S. The zero-order chi connectivity index (χ0) is 17.6. The molecule has 0 saturated carbocycles. The summed E-state index contributed by atoms with van der Waals surface area (Å²) in [5.41, 5.74) is 1.75. The molecule has 1 atom stereocenters.